The second-order valence-electron chi connectivity index (χ2n) is 4.88. The van der Waals surface area contributed by atoms with Gasteiger partial charge in [-0.25, -0.2) is 0 Å². The summed E-state index contributed by atoms with van der Waals surface area (Å²) in [7, 11) is 0. The van der Waals surface area contributed by atoms with Crippen LogP contribution in [0.25, 0.3) is 0 Å². The second-order valence-corrected chi connectivity index (χ2v) is 6.24. The molecule has 3 heteroatoms. The molecular formula is C10H13NOS. The molecule has 0 aromatic carbocycles. The number of nitrogens with one attached hydrogen (secondary N) is 1. The van der Waals surface area contributed by atoms with Crippen molar-refractivity contribution in [2.24, 2.45) is 17.8 Å². The Bertz CT molecular complexity index is 293. The highest BCUT2D eigenvalue weighted by Crippen LogP contribution is 2.63. The molecule has 3 aliphatic heterocycles. The maximum atomic E-state index is 11.4. The minimum absolute atomic E-state index is 0.343. The van der Waals surface area contributed by atoms with E-state index < -0.39 is 0 Å². The van der Waals surface area contributed by atoms with Crippen molar-refractivity contribution in [3.8, 4) is 0 Å². The molecule has 3 saturated heterocycles. The number of hydrogen-bond acceptors (Lipinski definition) is 2. The largest absolute Gasteiger partial charge is 0.351 e. The van der Waals surface area contributed by atoms with Crippen molar-refractivity contribution < 1.29 is 4.79 Å². The Morgan fingerprint density at radius 3 is 2.77 bits per heavy atom. The first-order valence-electron chi connectivity index (χ1n) is 5.32. The van der Waals surface area contributed by atoms with Crippen LogP contribution >= 0.6 is 11.8 Å². The minimum Gasteiger partial charge on any atom is -0.351 e. The number of carbonyl (C=O) groups is 1. The van der Waals surface area contributed by atoms with Crippen molar-refractivity contribution in [3.63, 3.8) is 0 Å². The molecule has 0 spiro atoms. The lowest BCUT2D eigenvalue weighted by atomic mass is 9.69. The van der Waals surface area contributed by atoms with Crippen LogP contribution in [-0.2, 0) is 4.79 Å². The van der Waals surface area contributed by atoms with Gasteiger partial charge in [0.05, 0.1) is 12.0 Å². The van der Waals surface area contributed by atoms with Gasteiger partial charge in [-0.3, -0.25) is 4.79 Å². The average Bonchev–Trinajstić information content (AvgIpc) is 2.68. The SMILES string of the molecule is O=C1NC2C3SC(C4CCCC43)C12. The predicted octanol–water partition coefficient (Wildman–Crippen LogP) is 1.01. The van der Waals surface area contributed by atoms with Crippen LogP contribution < -0.4 is 5.32 Å². The van der Waals surface area contributed by atoms with Gasteiger partial charge in [-0.05, 0) is 24.7 Å². The van der Waals surface area contributed by atoms with E-state index in [4.69, 9.17) is 0 Å². The molecule has 4 aliphatic rings. The van der Waals surface area contributed by atoms with Crippen molar-refractivity contribution in [2.45, 2.75) is 35.8 Å². The highest BCUT2D eigenvalue weighted by atomic mass is 32.2. The number of hydrogen-bond donors (Lipinski definition) is 1. The van der Waals surface area contributed by atoms with Crippen LogP contribution in [-0.4, -0.2) is 22.4 Å². The summed E-state index contributed by atoms with van der Waals surface area (Å²) in [5, 5.41) is 4.59. The van der Waals surface area contributed by atoms with E-state index >= 15 is 0 Å². The van der Waals surface area contributed by atoms with Gasteiger partial charge in [0.1, 0.15) is 0 Å². The molecule has 70 valence electrons. The van der Waals surface area contributed by atoms with Crippen molar-refractivity contribution in [3.05, 3.63) is 0 Å². The fraction of sp³-hybridized carbons (Fsp3) is 0.900. The van der Waals surface area contributed by atoms with Gasteiger partial charge in [-0.15, -0.1) is 0 Å². The van der Waals surface area contributed by atoms with Crippen LogP contribution in [0.15, 0.2) is 0 Å². The normalized spacial score (nSPS) is 61.4. The summed E-state index contributed by atoms with van der Waals surface area (Å²) in [6, 6.07) is 0.571. The lowest BCUT2D eigenvalue weighted by molar-refractivity contribution is -0.136. The molecule has 6 unspecified atom stereocenters. The van der Waals surface area contributed by atoms with Crippen molar-refractivity contribution in [2.75, 3.05) is 0 Å². The molecule has 0 radical (unpaired) electrons. The van der Waals surface area contributed by atoms with Gasteiger partial charge in [-0.2, -0.15) is 11.8 Å². The summed E-state index contributed by atoms with van der Waals surface area (Å²) in [6.45, 7) is 0. The fourth-order valence-corrected chi connectivity index (χ4v) is 6.29. The number of carbonyl (C=O) groups excluding carboxylic acids is 1. The van der Waals surface area contributed by atoms with E-state index in [2.05, 4.69) is 17.1 Å². The van der Waals surface area contributed by atoms with Crippen molar-refractivity contribution in [1.29, 1.82) is 0 Å². The topological polar surface area (TPSA) is 29.1 Å². The number of fused-ring (bicyclic) bond motifs is 8. The first kappa shape index (κ1) is 7.16. The quantitative estimate of drug-likeness (QED) is 0.585. The van der Waals surface area contributed by atoms with Crippen LogP contribution in [0.5, 0.6) is 0 Å². The molecular weight excluding hydrogens is 182 g/mol. The van der Waals surface area contributed by atoms with Gasteiger partial charge in [0.15, 0.2) is 0 Å². The van der Waals surface area contributed by atoms with E-state index in [1.807, 2.05) is 0 Å². The Labute approximate surface area is 81.8 Å². The monoisotopic (exact) mass is 195 g/mol. The van der Waals surface area contributed by atoms with E-state index in [1.165, 1.54) is 19.3 Å². The lowest BCUT2D eigenvalue weighted by Crippen LogP contribution is -2.65. The van der Waals surface area contributed by atoms with Crippen LogP contribution in [0.2, 0.25) is 0 Å². The highest BCUT2D eigenvalue weighted by molar-refractivity contribution is 8.01. The van der Waals surface area contributed by atoms with Crippen LogP contribution in [0.1, 0.15) is 19.3 Å². The summed E-state index contributed by atoms with van der Waals surface area (Å²) >= 11 is 2.12. The molecule has 1 amide bonds. The van der Waals surface area contributed by atoms with Gasteiger partial charge >= 0.3 is 0 Å². The zero-order valence-corrected chi connectivity index (χ0v) is 8.22. The fourth-order valence-electron chi connectivity index (χ4n) is 3.98. The molecule has 13 heavy (non-hydrogen) atoms. The summed E-state index contributed by atoms with van der Waals surface area (Å²) in [6.07, 6.45) is 4.24. The molecule has 1 N–H and O–H groups in total. The third-order valence-corrected chi connectivity index (χ3v) is 6.40. The van der Waals surface area contributed by atoms with Gasteiger partial charge in [0, 0.05) is 10.5 Å². The molecule has 1 aliphatic carbocycles. The van der Waals surface area contributed by atoms with Crippen molar-refractivity contribution in [1.82, 2.24) is 5.32 Å². The molecule has 2 bridgehead atoms. The summed E-state index contributed by atoms with van der Waals surface area (Å²) < 4.78 is 0. The standard InChI is InChI=1S/C10H13NOS/c12-10-6-7(11-10)9-5-3-1-2-4(5)8(6)13-9/h4-9H,1-3H2,(H,11,12). The smallest absolute Gasteiger partial charge is 0.226 e. The molecule has 0 aromatic heterocycles. The van der Waals surface area contributed by atoms with E-state index in [0.717, 1.165) is 17.1 Å². The molecule has 1 saturated carbocycles. The lowest BCUT2D eigenvalue weighted by Gasteiger charge is -2.43. The van der Waals surface area contributed by atoms with E-state index in [0.29, 0.717) is 23.1 Å². The Morgan fingerprint density at radius 2 is 2.00 bits per heavy atom. The number of rotatable bonds is 0. The zero-order chi connectivity index (χ0) is 8.58. The number of thioether (sulfide) groups is 1. The molecule has 4 fully saturated rings. The maximum absolute atomic E-state index is 11.4. The van der Waals surface area contributed by atoms with Gasteiger partial charge < -0.3 is 5.32 Å². The Morgan fingerprint density at radius 1 is 1.23 bits per heavy atom. The summed E-state index contributed by atoms with van der Waals surface area (Å²) in [5.74, 6) is 2.61. The van der Waals surface area contributed by atoms with Crippen LogP contribution in [0, 0.1) is 17.8 Å². The summed E-state index contributed by atoms with van der Waals surface area (Å²) in [5.41, 5.74) is 0. The van der Waals surface area contributed by atoms with Gasteiger partial charge in [-0.1, -0.05) is 6.42 Å². The van der Waals surface area contributed by atoms with Crippen LogP contribution in [0.3, 0.4) is 0 Å². The zero-order valence-electron chi connectivity index (χ0n) is 7.40. The third kappa shape index (κ3) is 0.652. The Balaban J connectivity index is 1.74. The minimum atomic E-state index is 0.343. The highest BCUT2D eigenvalue weighted by Gasteiger charge is 2.66. The second kappa shape index (κ2) is 2.08. The maximum Gasteiger partial charge on any atom is 0.226 e. The van der Waals surface area contributed by atoms with Gasteiger partial charge in [0.2, 0.25) is 5.91 Å². The number of amides is 1. The molecule has 3 heterocycles. The van der Waals surface area contributed by atoms with E-state index in [1.54, 1.807) is 0 Å². The summed E-state index contributed by atoms with van der Waals surface area (Å²) in [4.78, 5) is 11.4. The van der Waals surface area contributed by atoms with Crippen LogP contribution in [0.4, 0.5) is 0 Å². The average molecular weight is 195 g/mol. The molecule has 4 rings (SSSR count). The number of β-lactam (4-membered cyclic amide) rings is 1. The van der Waals surface area contributed by atoms with E-state index in [9.17, 15) is 4.79 Å². The molecule has 6 atom stereocenters. The van der Waals surface area contributed by atoms with Gasteiger partial charge in [0.25, 0.3) is 0 Å². The first-order valence-corrected chi connectivity index (χ1v) is 6.26. The predicted molar refractivity (Wildman–Crippen MR) is 51.4 cm³/mol. The Hall–Kier alpha value is -0.180. The third-order valence-electron chi connectivity index (χ3n) is 4.49. The molecule has 0 aromatic rings. The van der Waals surface area contributed by atoms with E-state index in [-0.39, 0.29) is 0 Å². The first-order chi connectivity index (χ1) is 6.36. The molecule has 2 nitrogen and oxygen atoms in total. The Kier molecular flexibility index (Phi) is 1.14. The van der Waals surface area contributed by atoms with Crippen molar-refractivity contribution >= 4 is 17.7 Å².